The second kappa shape index (κ2) is 32.9. The molecular weight excluding hydrogens is 692 g/mol. The fraction of sp³-hybridized carbons (Fsp3) is 0.686. The third-order valence-electron chi connectivity index (χ3n) is 11.2. The van der Waals surface area contributed by atoms with Crippen LogP contribution in [0.2, 0.25) is 0 Å². The lowest BCUT2D eigenvalue weighted by atomic mass is 9.78. The average molecular weight is 777 g/mol. The summed E-state index contributed by atoms with van der Waals surface area (Å²) < 4.78 is 26.5. The van der Waals surface area contributed by atoms with Gasteiger partial charge in [-0.05, 0) is 87.5 Å². The third kappa shape index (κ3) is 25.0. The Balaban J connectivity index is 1.71. The van der Waals surface area contributed by atoms with E-state index in [1.54, 1.807) is 0 Å². The summed E-state index contributed by atoms with van der Waals surface area (Å²) in [4.78, 5) is 0. The Morgan fingerprint density at radius 1 is 0.473 bits per heavy atom. The van der Waals surface area contributed by atoms with Crippen molar-refractivity contribution in [3.63, 3.8) is 0 Å². The number of hydrogen-bond acceptors (Lipinski definition) is 3. The van der Waals surface area contributed by atoms with Crippen LogP contribution in [0.5, 0.6) is 5.75 Å². The van der Waals surface area contributed by atoms with Crippen molar-refractivity contribution >= 4 is 7.60 Å². The summed E-state index contributed by atoms with van der Waals surface area (Å²) in [5, 5.41) is 0. The molecule has 0 N–H and O–H groups in total. The SMILES string of the molecule is CCCCCCCC/C=C/CCCCCCCCOP(=O)(CCCCCCCC/C=C/CCCCCCCC)Oc1ccc(C(C)(C)c2ccccc2)cc1. The second-order valence-corrected chi connectivity index (χ2v) is 18.8. The summed E-state index contributed by atoms with van der Waals surface area (Å²) >= 11 is 0. The second-order valence-electron chi connectivity index (χ2n) is 16.7. The van der Waals surface area contributed by atoms with E-state index in [2.05, 4.69) is 94.5 Å². The van der Waals surface area contributed by atoms with Gasteiger partial charge in [0.05, 0.1) is 12.8 Å². The first-order valence-electron chi connectivity index (χ1n) is 23.3. The molecule has 2 aromatic rings. The van der Waals surface area contributed by atoms with Gasteiger partial charge in [-0.15, -0.1) is 0 Å². The van der Waals surface area contributed by atoms with E-state index < -0.39 is 7.60 Å². The molecule has 1 atom stereocenters. The van der Waals surface area contributed by atoms with Crippen molar-refractivity contribution in [1.29, 1.82) is 0 Å². The number of benzene rings is 2. The van der Waals surface area contributed by atoms with Gasteiger partial charge in [0.25, 0.3) is 0 Å². The van der Waals surface area contributed by atoms with Crippen LogP contribution in [-0.2, 0) is 14.5 Å². The third-order valence-corrected chi connectivity index (χ3v) is 13.1. The largest absolute Gasteiger partial charge is 0.424 e. The molecule has 0 heterocycles. The monoisotopic (exact) mass is 777 g/mol. The Kier molecular flexibility index (Phi) is 29.4. The Labute approximate surface area is 341 Å². The summed E-state index contributed by atoms with van der Waals surface area (Å²) in [6.07, 6.45) is 45.4. The topological polar surface area (TPSA) is 35.5 Å². The predicted octanol–water partition coefficient (Wildman–Crippen LogP) is 17.7. The average Bonchev–Trinajstić information content (AvgIpc) is 3.19. The zero-order valence-electron chi connectivity index (χ0n) is 36.4. The van der Waals surface area contributed by atoms with Gasteiger partial charge in [0.2, 0.25) is 0 Å². The minimum absolute atomic E-state index is 0.131. The molecule has 0 fully saturated rings. The van der Waals surface area contributed by atoms with E-state index >= 15 is 0 Å². The van der Waals surface area contributed by atoms with E-state index in [0.29, 0.717) is 18.5 Å². The molecule has 3 nitrogen and oxygen atoms in total. The maximum atomic E-state index is 14.1. The molecule has 0 radical (unpaired) electrons. The van der Waals surface area contributed by atoms with E-state index in [9.17, 15) is 4.57 Å². The summed E-state index contributed by atoms with van der Waals surface area (Å²) in [5.41, 5.74) is 2.35. The van der Waals surface area contributed by atoms with Crippen LogP contribution in [0, 0.1) is 0 Å². The van der Waals surface area contributed by atoms with Crippen LogP contribution < -0.4 is 4.52 Å². The van der Waals surface area contributed by atoms with Gasteiger partial charge in [0, 0.05) is 5.41 Å². The van der Waals surface area contributed by atoms with Crippen LogP contribution in [0.3, 0.4) is 0 Å². The van der Waals surface area contributed by atoms with E-state index in [0.717, 1.165) is 25.7 Å². The molecule has 0 spiro atoms. The first-order valence-corrected chi connectivity index (χ1v) is 25.0. The van der Waals surface area contributed by atoms with Gasteiger partial charge in [-0.3, -0.25) is 4.52 Å². The van der Waals surface area contributed by atoms with Crippen LogP contribution in [0.1, 0.15) is 219 Å². The highest BCUT2D eigenvalue weighted by Crippen LogP contribution is 2.49. The van der Waals surface area contributed by atoms with E-state index in [4.69, 9.17) is 9.05 Å². The van der Waals surface area contributed by atoms with Crippen molar-refractivity contribution in [2.24, 2.45) is 0 Å². The summed E-state index contributed by atoms with van der Waals surface area (Å²) in [6.45, 7) is 9.56. The first kappa shape index (κ1) is 49.1. The van der Waals surface area contributed by atoms with E-state index in [1.165, 1.54) is 165 Å². The standard InChI is InChI=1S/C51H85O3P/c1-5-7-9-11-13-15-17-19-21-23-25-27-29-31-33-38-46-53-55(52,47-39-34-32-30-28-26-24-22-20-18-16-14-12-10-8-6-2)54-50-44-42-49(43-45-50)51(3,4)48-40-36-35-37-41-48/h19-22,35-37,40-45H,5-18,23-34,38-39,46-47H2,1-4H3/b21-19+,22-20+. The van der Waals surface area contributed by atoms with Gasteiger partial charge in [-0.2, -0.15) is 0 Å². The minimum Gasteiger partial charge on any atom is -0.424 e. The molecule has 55 heavy (non-hydrogen) atoms. The molecular formula is C51H85O3P. The van der Waals surface area contributed by atoms with Gasteiger partial charge < -0.3 is 4.52 Å². The van der Waals surface area contributed by atoms with Gasteiger partial charge in [-0.1, -0.05) is 210 Å². The summed E-state index contributed by atoms with van der Waals surface area (Å²) in [5.74, 6) is 0.640. The fourth-order valence-corrected chi connectivity index (χ4v) is 9.09. The van der Waals surface area contributed by atoms with Gasteiger partial charge in [-0.25, -0.2) is 4.57 Å². The lowest BCUT2D eigenvalue weighted by Crippen LogP contribution is -2.18. The van der Waals surface area contributed by atoms with Crippen LogP contribution >= 0.6 is 7.60 Å². The number of rotatable bonds is 37. The minimum atomic E-state index is -3.25. The normalized spacial score (nSPS) is 13.2. The molecule has 4 heteroatoms. The maximum absolute atomic E-state index is 14.1. The molecule has 1 unspecified atom stereocenters. The van der Waals surface area contributed by atoms with Crippen molar-refractivity contribution in [2.45, 2.75) is 213 Å². The Morgan fingerprint density at radius 3 is 1.31 bits per heavy atom. The molecule has 0 aliphatic carbocycles. The zero-order valence-corrected chi connectivity index (χ0v) is 37.3. The number of hydrogen-bond donors (Lipinski definition) is 0. The van der Waals surface area contributed by atoms with Gasteiger partial charge in [0.15, 0.2) is 0 Å². The highest BCUT2D eigenvalue weighted by Gasteiger charge is 2.27. The van der Waals surface area contributed by atoms with Crippen LogP contribution in [0.4, 0.5) is 0 Å². The van der Waals surface area contributed by atoms with Crippen molar-refractivity contribution in [3.8, 4) is 5.75 Å². The van der Waals surface area contributed by atoms with E-state index in [1.807, 2.05) is 12.1 Å². The Bertz CT molecular complexity index is 1250. The molecule has 312 valence electrons. The van der Waals surface area contributed by atoms with Gasteiger partial charge >= 0.3 is 7.60 Å². The maximum Gasteiger partial charge on any atom is 0.379 e. The van der Waals surface area contributed by atoms with Gasteiger partial charge in [0.1, 0.15) is 5.75 Å². The van der Waals surface area contributed by atoms with E-state index in [-0.39, 0.29) is 5.41 Å². The quantitative estimate of drug-likeness (QED) is 0.0389. The zero-order chi connectivity index (χ0) is 39.6. The molecule has 0 saturated heterocycles. The van der Waals surface area contributed by atoms with Crippen LogP contribution in [0.25, 0.3) is 0 Å². The molecule has 0 aliphatic rings. The van der Waals surface area contributed by atoms with Crippen LogP contribution in [0.15, 0.2) is 78.9 Å². The predicted molar refractivity (Wildman–Crippen MR) is 243 cm³/mol. The molecule has 2 aromatic carbocycles. The number of unbranched alkanes of at least 4 members (excludes halogenated alkanes) is 24. The van der Waals surface area contributed by atoms with Crippen molar-refractivity contribution in [3.05, 3.63) is 90.0 Å². The first-order chi connectivity index (χ1) is 26.9. The van der Waals surface area contributed by atoms with Crippen LogP contribution in [-0.4, -0.2) is 12.8 Å². The Hall–Kier alpha value is -2.09. The van der Waals surface area contributed by atoms with Crippen molar-refractivity contribution in [1.82, 2.24) is 0 Å². The molecule has 2 rings (SSSR count). The Morgan fingerprint density at radius 2 is 0.855 bits per heavy atom. The molecule has 0 amide bonds. The lowest BCUT2D eigenvalue weighted by molar-refractivity contribution is 0.256. The molecule has 0 aliphatic heterocycles. The fourth-order valence-electron chi connectivity index (χ4n) is 7.36. The molecule has 0 aromatic heterocycles. The highest BCUT2D eigenvalue weighted by molar-refractivity contribution is 7.54. The summed E-state index contributed by atoms with van der Waals surface area (Å²) in [7, 11) is -3.25. The van der Waals surface area contributed by atoms with Crippen molar-refractivity contribution in [2.75, 3.05) is 12.8 Å². The highest BCUT2D eigenvalue weighted by atomic mass is 31.2. The molecule has 0 saturated carbocycles. The lowest BCUT2D eigenvalue weighted by Gasteiger charge is -2.26. The molecule has 0 bridgehead atoms. The smallest absolute Gasteiger partial charge is 0.379 e. The number of allylic oxidation sites excluding steroid dienone is 4. The van der Waals surface area contributed by atoms with Crippen molar-refractivity contribution < 1.29 is 13.6 Å². The summed E-state index contributed by atoms with van der Waals surface area (Å²) in [6, 6.07) is 18.8.